The Morgan fingerprint density at radius 2 is 1.75 bits per heavy atom. The maximum absolute atomic E-state index is 5.97. The van der Waals surface area contributed by atoms with Gasteiger partial charge in [0.1, 0.15) is 5.82 Å². The molecule has 1 aliphatic carbocycles. The summed E-state index contributed by atoms with van der Waals surface area (Å²) in [5.41, 5.74) is 8.04. The van der Waals surface area contributed by atoms with E-state index < -0.39 is 0 Å². The van der Waals surface area contributed by atoms with Crippen molar-refractivity contribution in [2.75, 3.05) is 5.73 Å². The fourth-order valence-electron chi connectivity index (χ4n) is 2.74. The Morgan fingerprint density at radius 3 is 2.45 bits per heavy atom. The van der Waals surface area contributed by atoms with Gasteiger partial charge >= 0.3 is 0 Å². The van der Waals surface area contributed by atoms with E-state index in [9.17, 15) is 0 Å². The minimum Gasteiger partial charge on any atom is -0.383 e. The molecule has 5 heteroatoms. The number of rotatable bonds is 2. The van der Waals surface area contributed by atoms with Crippen molar-refractivity contribution in [2.24, 2.45) is 0 Å². The second-order valence-electron chi connectivity index (χ2n) is 5.28. The highest BCUT2D eigenvalue weighted by molar-refractivity contribution is 7.80. The van der Waals surface area contributed by atoms with Gasteiger partial charge < -0.3 is 5.73 Å². The van der Waals surface area contributed by atoms with E-state index in [2.05, 4.69) is 33.6 Å². The third-order valence-corrected chi connectivity index (χ3v) is 4.43. The van der Waals surface area contributed by atoms with Crippen LogP contribution in [0.2, 0.25) is 0 Å². The van der Waals surface area contributed by atoms with E-state index in [4.69, 9.17) is 5.73 Å². The zero-order valence-electron chi connectivity index (χ0n) is 11.2. The first-order chi connectivity index (χ1) is 9.74. The Labute approximate surface area is 124 Å². The molecule has 2 N–H and O–H groups in total. The Kier molecular flexibility index (Phi) is 3.87. The van der Waals surface area contributed by atoms with Crippen molar-refractivity contribution in [3.05, 3.63) is 36.3 Å². The molecule has 0 radical (unpaired) electrons. The normalized spacial score (nSPS) is 22.6. The van der Waals surface area contributed by atoms with Crippen LogP contribution >= 0.6 is 12.6 Å². The fourth-order valence-corrected chi connectivity index (χ4v) is 3.04. The van der Waals surface area contributed by atoms with Crippen LogP contribution in [-0.2, 0) is 0 Å². The van der Waals surface area contributed by atoms with Gasteiger partial charge in [0.15, 0.2) is 5.82 Å². The summed E-state index contributed by atoms with van der Waals surface area (Å²) in [6, 6.07) is 3.89. The number of nitrogens with two attached hydrogens (primary N) is 1. The van der Waals surface area contributed by atoms with Crippen molar-refractivity contribution in [1.29, 1.82) is 0 Å². The smallest absolute Gasteiger partial charge is 0.162 e. The van der Waals surface area contributed by atoms with Crippen LogP contribution in [0, 0.1) is 0 Å². The molecule has 0 saturated heterocycles. The summed E-state index contributed by atoms with van der Waals surface area (Å²) in [4.78, 5) is 12.9. The second kappa shape index (κ2) is 5.79. The molecule has 0 aliphatic heterocycles. The van der Waals surface area contributed by atoms with Crippen LogP contribution in [0.3, 0.4) is 0 Å². The number of nitrogens with zero attached hydrogens (tertiary/aromatic N) is 3. The van der Waals surface area contributed by atoms with Crippen LogP contribution in [0.4, 0.5) is 5.82 Å². The molecule has 2 aromatic rings. The van der Waals surface area contributed by atoms with Crippen LogP contribution in [0.5, 0.6) is 0 Å². The summed E-state index contributed by atoms with van der Waals surface area (Å²) in [5.74, 6) is 1.68. The largest absolute Gasteiger partial charge is 0.383 e. The summed E-state index contributed by atoms with van der Waals surface area (Å²) >= 11 is 4.55. The number of anilines is 1. The van der Waals surface area contributed by atoms with E-state index in [0.29, 0.717) is 22.8 Å². The van der Waals surface area contributed by atoms with Gasteiger partial charge in [-0.1, -0.05) is 0 Å². The lowest BCUT2D eigenvalue weighted by molar-refractivity contribution is 0.454. The highest BCUT2D eigenvalue weighted by atomic mass is 32.1. The lowest BCUT2D eigenvalue weighted by Gasteiger charge is -2.26. The summed E-state index contributed by atoms with van der Waals surface area (Å²) in [6.45, 7) is 0. The molecule has 2 aromatic heterocycles. The van der Waals surface area contributed by atoms with Gasteiger partial charge in [-0.25, -0.2) is 15.0 Å². The number of hydrogen-bond acceptors (Lipinski definition) is 5. The van der Waals surface area contributed by atoms with E-state index in [1.54, 1.807) is 18.5 Å². The minimum absolute atomic E-state index is 0.489. The average Bonchev–Trinajstić information content (AvgIpc) is 2.50. The lowest BCUT2D eigenvalue weighted by Crippen LogP contribution is -2.13. The van der Waals surface area contributed by atoms with Gasteiger partial charge in [0.2, 0.25) is 0 Å². The number of nitrogen functional groups attached to an aromatic ring is 1. The summed E-state index contributed by atoms with van der Waals surface area (Å²) in [5, 5.41) is 0.546. The van der Waals surface area contributed by atoms with Crippen LogP contribution < -0.4 is 5.73 Å². The first kappa shape index (κ1) is 13.4. The molecule has 4 nitrogen and oxygen atoms in total. The van der Waals surface area contributed by atoms with Crippen molar-refractivity contribution in [2.45, 2.75) is 36.9 Å². The molecule has 0 bridgehead atoms. The van der Waals surface area contributed by atoms with Crippen molar-refractivity contribution in [3.63, 3.8) is 0 Å². The minimum atomic E-state index is 0.489. The highest BCUT2D eigenvalue weighted by Gasteiger charge is 2.21. The highest BCUT2D eigenvalue weighted by Crippen LogP contribution is 2.36. The van der Waals surface area contributed by atoms with E-state index in [1.165, 1.54) is 5.56 Å². The van der Waals surface area contributed by atoms with Crippen molar-refractivity contribution >= 4 is 18.4 Å². The fraction of sp³-hybridized carbons (Fsp3) is 0.400. The average molecular weight is 286 g/mol. The van der Waals surface area contributed by atoms with Crippen molar-refractivity contribution in [1.82, 2.24) is 15.0 Å². The molecule has 1 fully saturated rings. The van der Waals surface area contributed by atoms with Gasteiger partial charge in [0.05, 0.1) is 5.56 Å². The Hall–Kier alpha value is -1.62. The first-order valence-corrected chi connectivity index (χ1v) is 7.46. The Bertz CT molecular complexity index is 580. The number of aromatic nitrogens is 3. The molecular weight excluding hydrogens is 268 g/mol. The Balaban J connectivity index is 1.91. The van der Waals surface area contributed by atoms with E-state index in [-0.39, 0.29) is 0 Å². The molecule has 0 amide bonds. The van der Waals surface area contributed by atoms with Crippen molar-refractivity contribution < 1.29 is 0 Å². The molecule has 0 unspecified atom stereocenters. The summed E-state index contributed by atoms with van der Waals surface area (Å²) < 4.78 is 0. The molecule has 2 heterocycles. The molecule has 104 valence electrons. The van der Waals surface area contributed by atoms with Gasteiger partial charge in [-0.2, -0.15) is 12.6 Å². The van der Waals surface area contributed by atoms with Crippen LogP contribution in [0.15, 0.2) is 30.7 Å². The molecule has 1 saturated carbocycles. The molecule has 20 heavy (non-hydrogen) atoms. The lowest BCUT2D eigenvalue weighted by atomic mass is 9.84. The SMILES string of the molecule is Nc1ncc(C2CCC(S)CC2)cc1-c1ncccn1. The monoisotopic (exact) mass is 286 g/mol. The number of pyridine rings is 1. The molecule has 0 atom stereocenters. The Morgan fingerprint density at radius 1 is 1.05 bits per heavy atom. The molecule has 0 spiro atoms. The van der Waals surface area contributed by atoms with Gasteiger partial charge in [-0.15, -0.1) is 0 Å². The van der Waals surface area contributed by atoms with Crippen molar-refractivity contribution in [3.8, 4) is 11.4 Å². The maximum atomic E-state index is 5.97. The quantitative estimate of drug-likeness (QED) is 0.833. The predicted molar refractivity (Wildman–Crippen MR) is 83.7 cm³/mol. The molecule has 3 rings (SSSR count). The number of thiol groups is 1. The molecule has 0 aromatic carbocycles. The van der Waals surface area contributed by atoms with E-state index in [0.717, 1.165) is 31.2 Å². The van der Waals surface area contributed by atoms with Gasteiger partial charge in [-0.3, -0.25) is 0 Å². The topological polar surface area (TPSA) is 64.7 Å². The van der Waals surface area contributed by atoms with E-state index >= 15 is 0 Å². The maximum Gasteiger partial charge on any atom is 0.162 e. The number of hydrogen-bond donors (Lipinski definition) is 2. The summed E-state index contributed by atoms with van der Waals surface area (Å²) in [7, 11) is 0. The third-order valence-electron chi connectivity index (χ3n) is 3.91. The van der Waals surface area contributed by atoms with Gasteiger partial charge in [0, 0.05) is 23.8 Å². The predicted octanol–water partition coefficient (Wildman–Crippen LogP) is 3.08. The van der Waals surface area contributed by atoms with Crippen LogP contribution in [-0.4, -0.2) is 20.2 Å². The first-order valence-electron chi connectivity index (χ1n) is 6.95. The zero-order valence-corrected chi connectivity index (χ0v) is 12.1. The molecular formula is C15H18N4S. The second-order valence-corrected chi connectivity index (χ2v) is 6.01. The van der Waals surface area contributed by atoms with Gasteiger partial charge in [0.25, 0.3) is 0 Å². The standard InChI is InChI=1S/C15H18N4S/c16-14-13(15-17-6-1-7-18-15)8-11(9-19-14)10-2-4-12(20)5-3-10/h1,6-10,12,20H,2-5H2,(H2,16,19). The van der Waals surface area contributed by atoms with E-state index in [1.807, 2.05) is 6.20 Å². The van der Waals surface area contributed by atoms with Gasteiger partial charge in [-0.05, 0) is 49.3 Å². The molecule has 1 aliphatic rings. The van der Waals surface area contributed by atoms with Crippen LogP contribution in [0.25, 0.3) is 11.4 Å². The zero-order chi connectivity index (χ0) is 13.9. The third kappa shape index (κ3) is 2.77. The summed E-state index contributed by atoms with van der Waals surface area (Å²) in [6.07, 6.45) is 9.99. The van der Waals surface area contributed by atoms with Crippen LogP contribution in [0.1, 0.15) is 37.2 Å².